The highest BCUT2D eigenvalue weighted by Gasteiger charge is 2.38. The van der Waals surface area contributed by atoms with Crippen molar-refractivity contribution >= 4 is 17.8 Å². The SMILES string of the molecule is CC1(C)CC(=O)C(C=N[C@@H]2CCCc3ccccc32)C(=O)C1. The first kappa shape index (κ1) is 15.1. The molecule has 3 rings (SSSR count). The van der Waals surface area contributed by atoms with Crippen molar-refractivity contribution in [3.8, 4) is 0 Å². The molecule has 22 heavy (non-hydrogen) atoms. The maximum absolute atomic E-state index is 12.2. The van der Waals surface area contributed by atoms with E-state index in [1.165, 1.54) is 11.1 Å². The lowest BCUT2D eigenvalue weighted by Gasteiger charge is -2.30. The molecule has 0 heterocycles. The van der Waals surface area contributed by atoms with Crippen LogP contribution in [-0.2, 0) is 16.0 Å². The number of Topliss-reactive ketones (excluding diaryl/α,β-unsaturated/α-hetero) is 2. The van der Waals surface area contributed by atoms with Crippen LogP contribution in [-0.4, -0.2) is 17.8 Å². The highest BCUT2D eigenvalue weighted by molar-refractivity contribution is 6.16. The molecule has 0 aliphatic heterocycles. The summed E-state index contributed by atoms with van der Waals surface area (Å²) >= 11 is 0. The van der Waals surface area contributed by atoms with Gasteiger partial charge in [-0.25, -0.2) is 0 Å². The molecule has 2 aliphatic rings. The third-order valence-corrected chi connectivity index (χ3v) is 4.75. The lowest BCUT2D eigenvalue weighted by Crippen LogP contribution is -2.38. The van der Waals surface area contributed by atoms with E-state index in [4.69, 9.17) is 0 Å². The number of nitrogens with zero attached hydrogens (tertiary/aromatic N) is 1. The number of carbonyl (C=O) groups excluding carboxylic acids is 2. The number of hydrogen-bond acceptors (Lipinski definition) is 3. The number of benzene rings is 1. The molecular weight excluding hydrogens is 274 g/mol. The van der Waals surface area contributed by atoms with Crippen LogP contribution in [0, 0.1) is 11.3 Å². The van der Waals surface area contributed by atoms with Crippen molar-refractivity contribution < 1.29 is 9.59 Å². The standard InChI is InChI=1S/C19H23NO2/c1-19(2)10-17(21)15(18(22)11-19)12-20-16-9-5-7-13-6-3-4-8-14(13)16/h3-4,6,8,12,15-16H,5,7,9-11H2,1-2H3/t16-/m1/s1. The third-order valence-electron chi connectivity index (χ3n) is 4.75. The Labute approximate surface area is 131 Å². The Morgan fingerprint density at radius 3 is 2.55 bits per heavy atom. The topological polar surface area (TPSA) is 46.5 Å². The van der Waals surface area contributed by atoms with Crippen molar-refractivity contribution in [1.82, 2.24) is 0 Å². The summed E-state index contributed by atoms with van der Waals surface area (Å²) in [5.74, 6) is -0.578. The second kappa shape index (κ2) is 5.79. The van der Waals surface area contributed by atoms with E-state index in [0.717, 1.165) is 19.3 Å². The van der Waals surface area contributed by atoms with Gasteiger partial charge in [-0.05, 0) is 35.8 Å². The second-order valence-corrected chi connectivity index (χ2v) is 7.33. The second-order valence-electron chi connectivity index (χ2n) is 7.33. The highest BCUT2D eigenvalue weighted by atomic mass is 16.2. The normalized spacial score (nSPS) is 25.5. The Balaban J connectivity index is 1.78. The number of aryl methyl sites for hydroxylation is 1. The van der Waals surface area contributed by atoms with Crippen LogP contribution in [0.2, 0.25) is 0 Å². The Morgan fingerprint density at radius 1 is 1.14 bits per heavy atom. The average Bonchev–Trinajstić information content (AvgIpc) is 2.45. The van der Waals surface area contributed by atoms with Crippen LogP contribution in [0.25, 0.3) is 0 Å². The molecular formula is C19H23NO2. The van der Waals surface area contributed by atoms with E-state index in [1.54, 1.807) is 6.21 Å². The van der Waals surface area contributed by atoms with Crippen molar-refractivity contribution in [1.29, 1.82) is 0 Å². The van der Waals surface area contributed by atoms with Crippen molar-refractivity contribution in [2.45, 2.75) is 52.0 Å². The van der Waals surface area contributed by atoms with Crippen molar-refractivity contribution in [3.05, 3.63) is 35.4 Å². The van der Waals surface area contributed by atoms with Gasteiger partial charge in [0.15, 0.2) is 0 Å². The Kier molecular flexibility index (Phi) is 3.98. The minimum Gasteiger partial charge on any atom is -0.298 e. The van der Waals surface area contributed by atoms with E-state index < -0.39 is 5.92 Å². The van der Waals surface area contributed by atoms with E-state index >= 15 is 0 Å². The van der Waals surface area contributed by atoms with Crippen LogP contribution in [0.15, 0.2) is 29.3 Å². The smallest absolute Gasteiger partial charge is 0.149 e. The summed E-state index contributed by atoms with van der Waals surface area (Å²) in [5, 5.41) is 0. The van der Waals surface area contributed by atoms with Gasteiger partial charge >= 0.3 is 0 Å². The van der Waals surface area contributed by atoms with Crippen molar-refractivity contribution in [2.24, 2.45) is 16.3 Å². The summed E-state index contributed by atoms with van der Waals surface area (Å²) in [6.07, 6.45) is 5.77. The van der Waals surface area contributed by atoms with Gasteiger partial charge in [-0.1, -0.05) is 38.1 Å². The molecule has 0 bridgehead atoms. The first-order chi connectivity index (χ1) is 10.5. The maximum atomic E-state index is 12.2. The molecule has 1 atom stereocenters. The largest absolute Gasteiger partial charge is 0.298 e. The highest BCUT2D eigenvalue weighted by Crippen LogP contribution is 2.35. The first-order valence-electron chi connectivity index (χ1n) is 8.13. The van der Waals surface area contributed by atoms with Gasteiger partial charge in [0.25, 0.3) is 0 Å². The summed E-state index contributed by atoms with van der Waals surface area (Å²) in [4.78, 5) is 29.1. The van der Waals surface area contributed by atoms with Crippen LogP contribution in [0.5, 0.6) is 0 Å². The molecule has 1 saturated carbocycles. The van der Waals surface area contributed by atoms with E-state index in [2.05, 4.69) is 23.2 Å². The number of aliphatic imine (C=N–C) groups is 1. The van der Waals surface area contributed by atoms with Crippen molar-refractivity contribution in [2.75, 3.05) is 0 Å². The molecule has 1 aromatic rings. The van der Waals surface area contributed by atoms with Gasteiger partial charge in [0.2, 0.25) is 0 Å². The summed E-state index contributed by atoms with van der Waals surface area (Å²) in [5.41, 5.74) is 2.40. The van der Waals surface area contributed by atoms with Gasteiger partial charge in [-0.15, -0.1) is 0 Å². The molecule has 3 heteroatoms. The first-order valence-corrected chi connectivity index (χ1v) is 8.13. The fourth-order valence-corrected chi connectivity index (χ4v) is 3.64. The summed E-state index contributed by atoms with van der Waals surface area (Å²) < 4.78 is 0. The van der Waals surface area contributed by atoms with Crippen LogP contribution in [0.3, 0.4) is 0 Å². The zero-order chi connectivity index (χ0) is 15.7. The molecule has 0 amide bonds. The van der Waals surface area contributed by atoms with Gasteiger partial charge in [-0.3, -0.25) is 14.6 Å². The zero-order valence-corrected chi connectivity index (χ0v) is 13.3. The Hall–Kier alpha value is -1.77. The number of rotatable bonds is 2. The van der Waals surface area contributed by atoms with Crippen LogP contribution in [0.1, 0.15) is 56.7 Å². The molecule has 0 radical (unpaired) electrons. The van der Waals surface area contributed by atoms with Crippen LogP contribution < -0.4 is 0 Å². The Morgan fingerprint density at radius 2 is 1.82 bits per heavy atom. The third kappa shape index (κ3) is 3.03. The minimum atomic E-state index is -0.623. The van der Waals surface area contributed by atoms with Gasteiger partial charge in [-0.2, -0.15) is 0 Å². The molecule has 1 aromatic carbocycles. The van der Waals surface area contributed by atoms with E-state index in [1.807, 2.05) is 19.9 Å². The van der Waals surface area contributed by atoms with E-state index in [0.29, 0.717) is 12.8 Å². The molecule has 0 unspecified atom stereocenters. The van der Waals surface area contributed by atoms with Crippen LogP contribution in [0.4, 0.5) is 0 Å². The molecule has 0 N–H and O–H groups in total. The van der Waals surface area contributed by atoms with Crippen molar-refractivity contribution in [3.63, 3.8) is 0 Å². The zero-order valence-electron chi connectivity index (χ0n) is 13.3. The molecule has 0 aromatic heterocycles. The fraction of sp³-hybridized carbons (Fsp3) is 0.526. The summed E-state index contributed by atoms with van der Waals surface area (Å²) in [6.45, 7) is 3.96. The van der Waals surface area contributed by atoms with Crippen LogP contribution >= 0.6 is 0 Å². The quantitative estimate of drug-likeness (QED) is 0.617. The lowest BCUT2D eigenvalue weighted by atomic mass is 9.72. The predicted molar refractivity (Wildman–Crippen MR) is 87.1 cm³/mol. The van der Waals surface area contributed by atoms with E-state index in [-0.39, 0.29) is 23.0 Å². The van der Waals surface area contributed by atoms with E-state index in [9.17, 15) is 9.59 Å². The number of fused-ring (bicyclic) bond motifs is 1. The predicted octanol–water partition coefficient (Wildman–Crippen LogP) is 3.71. The summed E-state index contributed by atoms with van der Waals surface area (Å²) in [6, 6.07) is 8.45. The lowest BCUT2D eigenvalue weighted by molar-refractivity contribution is -0.136. The summed E-state index contributed by atoms with van der Waals surface area (Å²) in [7, 11) is 0. The maximum Gasteiger partial charge on any atom is 0.149 e. The molecule has 3 nitrogen and oxygen atoms in total. The number of carbonyl (C=O) groups is 2. The molecule has 0 spiro atoms. The average molecular weight is 297 g/mol. The number of hydrogen-bond donors (Lipinski definition) is 0. The minimum absolute atomic E-state index is 0.0223. The molecule has 116 valence electrons. The van der Waals surface area contributed by atoms with Gasteiger partial charge in [0.1, 0.15) is 17.5 Å². The fourth-order valence-electron chi connectivity index (χ4n) is 3.64. The molecule has 0 saturated heterocycles. The van der Waals surface area contributed by atoms with Gasteiger partial charge in [0.05, 0.1) is 6.04 Å². The van der Waals surface area contributed by atoms with Gasteiger partial charge < -0.3 is 0 Å². The Bertz CT molecular complexity index is 610. The molecule has 1 fully saturated rings. The number of ketones is 2. The van der Waals surface area contributed by atoms with Gasteiger partial charge in [0, 0.05) is 19.1 Å². The monoisotopic (exact) mass is 297 g/mol. The molecule has 2 aliphatic carbocycles.